The molecule has 4 saturated carbocycles. The van der Waals surface area contributed by atoms with Gasteiger partial charge in [0.2, 0.25) is 0 Å². The van der Waals surface area contributed by atoms with E-state index in [0.717, 1.165) is 40.0 Å². The summed E-state index contributed by atoms with van der Waals surface area (Å²) in [6.07, 6.45) is 9.47. The van der Waals surface area contributed by atoms with E-state index in [0.29, 0.717) is 0 Å². The van der Waals surface area contributed by atoms with E-state index in [1.807, 2.05) is 16.9 Å². The van der Waals surface area contributed by atoms with Gasteiger partial charge in [0.25, 0.3) is 5.91 Å². The summed E-state index contributed by atoms with van der Waals surface area (Å²) in [4.78, 5) is 18.4. The number of fused-ring (bicyclic) bond motifs is 1. The maximum Gasteiger partial charge on any atom is 0.252 e. The fraction of sp³-hybridized carbons (Fsp3) is 0.696. The largest absolute Gasteiger partial charge is 0.347 e. The highest BCUT2D eigenvalue weighted by Gasteiger charge is 2.51. The summed E-state index contributed by atoms with van der Waals surface area (Å²) in [7, 11) is 0. The fourth-order valence-corrected chi connectivity index (χ4v) is 6.47. The Morgan fingerprint density at radius 1 is 1.11 bits per heavy atom. The van der Waals surface area contributed by atoms with Gasteiger partial charge in [-0.05, 0) is 82.1 Å². The average molecular weight is 381 g/mol. The lowest BCUT2D eigenvalue weighted by Gasteiger charge is -2.56. The van der Waals surface area contributed by atoms with Crippen LogP contribution in [-0.4, -0.2) is 26.2 Å². The molecule has 2 aromatic rings. The number of hydrogen-bond donors (Lipinski definition) is 1. The van der Waals surface area contributed by atoms with Crippen molar-refractivity contribution < 1.29 is 4.79 Å². The molecule has 2 heterocycles. The number of nitrogens with one attached hydrogen (secondary N) is 1. The van der Waals surface area contributed by atoms with Crippen LogP contribution in [0.1, 0.15) is 94.2 Å². The Balaban J connectivity index is 1.52. The molecule has 0 spiro atoms. The quantitative estimate of drug-likeness (QED) is 0.826. The van der Waals surface area contributed by atoms with Gasteiger partial charge in [-0.15, -0.1) is 0 Å². The van der Waals surface area contributed by atoms with Gasteiger partial charge in [0.1, 0.15) is 0 Å². The fourth-order valence-electron chi connectivity index (χ4n) is 6.47. The highest BCUT2D eigenvalue weighted by Crippen LogP contribution is 2.55. The summed E-state index contributed by atoms with van der Waals surface area (Å²) in [5.74, 6) is 2.79. The van der Waals surface area contributed by atoms with Crippen LogP contribution < -0.4 is 5.32 Å². The molecular weight excluding hydrogens is 348 g/mol. The Labute approximate surface area is 167 Å². The number of nitrogens with zero attached hydrogens (tertiary/aromatic N) is 3. The molecule has 5 heteroatoms. The van der Waals surface area contributed by atoms with Gasteiger partial charge in [-0.1, -0.05) is 13.8 Å². The van der Waals surface area contributed by atoms with Crippen molar-refractivity contribution >= 4 is 16.9 Å². The van der Waals surface area contributed by atoms with Crippen LogP contribution >= 0.6 is 0 Å². The minimum atomic E-state index is 0.0213. The first-order valence-corrected chi connectivity index (χ1v) is 11.0. The van der Waals surface area contributed by atoms with Gasteiger partial charge in [0, 0.05) is 17.3 Å². The van der Waals surface area contributed by atoms with E-state index in [9.17, 15) is 4.79 Å². The Hall–Kier alpha value is -1.91. The summed E-state index contributed by atoms with van der Waals surface area (Å²) in [5, 5.41) is 8.95. The smallest absolute Gasteiger partial charge is 0.252 e. The predicted molar refractivity (Wildman–Crippen MR) is 110 cm³/mol. The van der Waals surface area contributed by atoms with Gasteiger partial charge >= 0.3 is 0 Å². The second-order valence-corrected chi connectivity index (χ2v) is 10.3. The molecule has 0 radical (unpaired) electrons. The van der Waals surface area contributed by atoms with Gasteiger partial charge < -0.3 is 5.32 Å². The number of carbonyl (C=O) groups excluding carboxylic acids is 1. The third-order valence-electron chi connectivity index (χ3n) is 7.33. The van der Waals surface area contributed by atoms with Crippen LogP contribution in [0.2, 0.25) is 0 Å². The van der Waals surface area contributed by atoms with Crippen molar-refractivity contribution in [2.24, 2.45) is 17.8 Å². The number of hydrogen-bond acceptors (Lipinski definition) is 3. The van der Waals surface area contributed by atoms with E-state index >= 15 is 0 Å². The lowest BCUT2D eigenvalue weighted by Crippen LogP contribution is -2.59. The maximum absolute atomic E-state index is 13.5. The Kier molecular flexibility index (Phi) is 4.08. The van der Waals surface area contributed by atoms with E-state index in [1.165, 1.54) is 38.5 Å². The molecule has 4 aliphatic rings. The van der Waals surface area contributed by atoms with Gasteiger partial charge in [0.15, 0.2) is 5.65 Å². The summed E-state index contributed by atoms with van der Waals surface area (Å²) < 4.78 is 1.93. The van der Waals surface area contributed by atoms with Gasteiger partial charge in [-0.25, -0.2) is 9.67 Å². The summed E-state index contributed by atoms with van der Waals surface area (Å²) in [6, 6.07) is 2.21. The normalized spacial score (nSPS) is 31.3. The van der Waals surface area contributed by atoms with Crippen LogP contribution in [0, 0.1) is 17.8 Å². The molecular formula is C23H32N4O. The molecule has 0 unspecified atom stereocenters. The first-order chi connectivity index (χ1) is 13.3. The SMILES string of the molecule is CC(C)c1cc(C(=O)NC23CC4CC(CC(C4)C2)C3)c2cnn(C(C)C)c2n1. The number of carbonyl (C=O) groups is 1. The van der Waals surface area contributed by atoms with Gasteiger partial charge in [-0.3, -0.25) is 4.79 Å². The molecule has 2 aromatic heterocycles. The van der Waals surface area contributed by atoms with Crippen LogP contribution in [-0.2, 0) is 0 Å². The third-order valence-corrected chi connectivity index (χ3v) is 7.33. The summed E-state index contributed by atoms with van der Waals surface area (Å²) in [5.41, 5.74) is 2.56. The molecule has 1 amide bonds. The van der Waals surface area contributed by atoms with Crippen molar-refractivity contribution in [3.05, 3.63) is 23.5 Å². The lowest BCUT2D eigenvalue weighted by molar-refractivity contribution is -0.0166. The molecule has 0 saturated heterocycles. The topological polar surface area (TPSA) is 59.8 Å². The average Bonchev–Trinajstić information content (AvgIpc) is 3.03. The Morgan fingerprint density at radius 3 is 2.25 bits per heavy atom. The summed E-state index contributed by atoms with van der Waals surface area (Å²) >= 11 is 0. The second kappa shape index (κ2) is 6.30. The van der Waals surface area contributed by atoms with Crippen molar-refractivity contribution in [1.29, 1.82) is 0 Å². The molecule has 4 fully saturated rings. The van der Waals surface area contributed by atoms with Crippen molar-refractivity contribution in [1.82, 2.24) is 20.1 Å². The van der Waals surface area contributed by atoms with Gasteiger partial charge in [0.05, 0.1) is 17.1 Å². The van der Waals surface area contributed by atoms with Crippen molar-refractivity contribution in [2.75, 3.05) is 0 Å². The maximum atomic E-state index is 13.5. The minimum Gasteiger partial charge on any atom is -0.347 e. The Bertz CT molecular complexity index is 891. The van der Waals surface area contributed by atoms with Crippen LogP contribution in [0.3, 0.4) is 0 Å². The lowest BCUT2D eigenvalue weighted by atomic mass is 9.53. The second-order valence-electron chi connectivity index (χ2n) is 10.3. The Morgan fingerprint density at radius 2 is 1.71 bits per heavy atom. The number of amides is 1. The van der Waals surface area contributed by atoms with Crippen LogP contribution in [0.5, 0.6) is 0 Å². The zero-order valence-electron chi connectivity index (χ0n) is 17.5. The van der Waals surface area contributed by atoms with E-state index in [4.69, 9.17) is 4.98 Å². The molecule has 0 aromatic carbocycles. The van der Waals surface area contributed by atoms with Crippen molar-refractivity contribution in [3.8, 4) is 0 Å². The molecule has 1 N–H and O–H groups in total. The first-order valence-electron chi connectivity index (χ1n) is 11.0. The highest BCUT2D eigenvalue weighted by atomic mass is 16.1. The molecule has 4 aliphatic carbocycles. The zero-order valence-corrected chi connectivity index (χ0v) is 17.5. The van der Waals surface area contributed by atoms with E-state index < -0.39 is 0 Å². The summed E-state index contributed by atoms with van der Waals surface area (Å²) in [6.45, 7) is 8.47. The third kappa shape index (κ3) is 2.85. The molecule has 28 heavy (non-hydrogen) atoms. The zero-order chi connectivity index (χ0) is 19.6. The van der Waals surface area contributed by atoms with Crippen molar-refractivity contribution in [2.45, 2.75) is 83.7 Å². The van der Waals surface area contributed by atoms with Crippen molar-refractivity contribution in [3.63, 3.8) is 0 Å². The van der Waals surface area contributed by atoms with E-state index in [1.54, 1.807) is 0 Å². The molecule has 4 bridgehead atoms. The molecule has 5 nitrogen and oxygen atoms in total. The predicted octanol–water partition coefficient (Wildman–Crippen LogP) is 4.83. The molecule has 0 aliphatic heterocycles. The van der Waals surface area contributed by atoms with E-state index in [-0.39, 0.29) is 23.4 Å². The monoisotopic (exact) mass is 380 g/mol. The molecule has 6 rings (SSSR count). The highest BCUT2D eigenvalue weighted by molar-refractivity contribution is 6.05. The molecule has 0 atom stereocenters. The number of pyridine rings is 1. The van der Waals surface area contributed by atoms with Crippen LogP contribution in [0.4, 0.5) is 0 Å². The standard InChI is InChI=1S/C23H32N4O/c1-13(2)20-8-18(19-12-24-27(14(3)4)21(19)25-20)22(28)26-23-9-15-5-16(10-23)7-17(6-15)11-23/h8,12-17H,5-7,9-11H2,1-4H3,(H,26,28). The number of rotatable bonds is 4. The number of aromatic nitrogens is 3. The molecule has 150 valence electrons. The van der Waals surface area contributed by atoms with Crippen LogP contribution in [0.25, 0.3) is 11.0 Å². The minimum absolute atomic E-state index is 0.0213. The van der Waals surface area contributed by atoms with E-state index in [2.05, 4.69) is 38.1 Å². The van der Waals surface area contributed by atoms with Crippen LogP contribution in [0.15, 0.2) is 12.3 Å². The van der Waals surface area contributed by atoms with Gasteiger partial charge in [-0.2, -0.15) is 5.10 Å². The first kappa shape index (κ1) is 18.1.